The highest BCUT2D eigenvalue weighted by Gasteiger charge is 2.09. The van der Waals surface area contributed by atoms with E-state index in [2.05, 4.69) is 11.6 Å². The summed E-state index contributed by atoms with van der Waals surface area (Å²) in [7, 11) is 0. The van der Waals surface area contributed by atoms with E-state index >= 15 is 0 Å². The first-order chi connectivity index (χ1) is 7.81. The zero-order valence-electron chi connectivity index (χ0n) is 9.01. The third kappa shape index (κ3) is 2.18. The van der Waals surface area contributed by atoms with Crippen molar-refractivity contribution in [1.82, 2.24) is 4.98 Å². The summed E-state index contributed by atoms with van der Waals surface area (Å²) < 4.78 is 0. The van der Waals surface area contributed by atoms with Crippen LogP contribution in [-0.4, -0.2) is 4.98 Å². The van der Waals surface area contributed by atoms with Gasteiger partial charge in [-0.25, -0.2) is 0 Å². The molecule has 0 saturated heterocycles. The van der Waals surface area contributed by atoms with E-state index in [0.29, 0.717) is 0 Å². The van der Waals surface area contributed by atoms with Gasteiger partial charge < -0.3 is 5.73 Å². The molecule has 2 N–H and O–H groups in total. The lowest BCUT2D eigenvalue weighted by Gasteiger charge is -2.11. The molecule has 2 nitrogen and oxygen atoms in total. The Labute approximate surface area is 95.5 Å². The highest BCUT2D eigenvalue weighted by Crippen LogP contribution is 2.18. The van der Waals surface area contributed by atoms with Crippen molar-refractivity contribution in [3.05, 3.63) is 72.1 Å². The lowest BCUT2D eigenvalue weighted by atomic mass is 10.0. The Balaban J connectivity index is 2.34. The standard InChI is InChI=1S/C14H14N2/c1-2-11-6-5-7-12(10-11)14(15)13-8-3-4-9-16-13/h2-10,14H,1,15H2. The first-order valence-electron chi connectivity index (χ1n) is 5.20. The van der Waals surface area contributed by atoms with Crippen LogP contribution in [0.1, 0.15) is 22.9 Å². The molecular weight excluding hydrogens is 196 g/mol. The maximum Gasteiger partial charge on any atom is 0.0726 e. The summed E-state index contributed by atoms with van der Waals surface area (Å²) in [5, 5.41) is 0. The van der Waals surface area contributed by atoms with E-state index in [9.17, 15) is 0 Å². The van der Waals surface area contributed by atoms with Gasteiger partial charge in [0.15, 0.2) is 0 Å². The summed E-state index contributed by atoms with van der Waals surface area (Å²) >= 11 is 0. The van der Waals surface area contributed by atoms with E-state index < -0.39 is 0 Å². The van der Waals surface area contributed by atoms with Crippen molar-refractivity contribution in [2.45, 2.75) is 6.04 Å². The second-order valence-electron chi connectivity index (χ2n) is 3.61. The van der Waals surface area contributed by atoms with Crippen LogP contribution in [0, 0.1) is 0 Å². The molecule has 2 aromatic rings. The van der Waals surface area contributed by atoms with Crippen molar-refractivity contribution >= 4 is 6.08 Å². The van der Waals surface area contributed by atoms with Gasteiger partial charge in [-0.3, -0.25) is 4.98 Å². The lowest BCUT2D eigenvalue weighted by Crippen LogP contribution is -2.13. The number of aromatic nitrogens is 1. The van der Waals surface area contributed by atoms with Gasteiger partial charge in [-0.2, -0.15) is 0 Å². The Morgan fingerprint density at radius 1 is 1.19 bits per heavy atom. The Morgan fingerprint density at radius 2 is 2.06 bits per heavy atom. The third-order valence-corrected chi connectivity index (χ3v) is 2.51. The van der Waals surface area contributed by atoms with E-state index in [1.165, 1.54) is 0 Å². The van der Waals surface area contributed by atoms with Crippen LogP contribution in [-0.2, 0) is 0 Å². The van der Waals surface area contributed by atoms with Crippen molar-refractivity contribution in [3.63, 3.8) is 0 Å². The summed E-state index contributed by atoms with van der Waals surface area (Å²) in [4.78, 5) is 4.26. The second-order valence-corrected chi connectivity index (χ2v) is 3.61. The Kier molecular flexibility index (Phi) is 3.13. The monoisotopic (exact) mass is 210 g/mol. The van der Waals surface area contributed by atoms with Crippen LogP contribution in [0.4, 0.5) is 0 Å². The van der Waals surface area contributed by atoms with Gasteiger partial charge in [0.25, 0.3) is 0 Å². The van der Waals surface area contributed by atoms with Crippen LogP contribution < -0.4 is 5.73 Å². The van der Waals surface area contributed by atoms with Gasteiger partial charge in [-0.15, -0.1) is 0 Å². The zero-order valence-corrected chi connectivity index (χ0v) is 9.01. The normalized spacial score (nSPS) is 12.1. The number of nitrogens with two attached hydrogens (primary N) is 1. The van der Waals surface area contributed by atoms with Crippen LogP contribution in [0.25, 0.3) is 6.08 Å². The molecule has 1 aromatic carbocycles. The van der Waals surface area contributed by atoms with E-state index in [1.54, 1.807) is 6.20 Å². The largest absolute Gasteiger partial charge is 0.319 e. The van der Waals surface area contributed by atoms with Gasteiger partial charge in [0.2, 0.25) is 0 Å². The molecule has 1 heterocycles. The van der Waals surface area contributed by atoms with Crippen LogP contribution >= 0.6 is 0 Å². The summed E-state index contributed by atoms with van der Waals surface area (Å²) in [6.45, 7) is 3.75. The molecule has 1 aromatic heterocycles. The summed E-state index contributed by atoms with van der Waals surface area (Å²) in [5.41, 5.74) is 9.15. The topological polar surface area (TPSA) is 38.9 Å². The van der Waals surface area contributed by atoms with Gasteiger partial charge in [-0.1, -0.05) is 36.9 Å². The van der Waals surface area contributed by atoms with Gasteiger partial charge in [0.05, 0.1) is 11.7 Å². The molecule has 0 spiro atoms. The fourth-order valence-electron chi connectivity index (χ4n) is 1.61. The lowest BCUT2D eigenvalue weighted by molar-refractivity contribution is 0.828. The second kappa shape index (κ2) is 4.73. The molecule has 2 rings (SSSR count). The first-order valence-corrected chi connectivity index (χ1v) is 5.20. The van der Waals surface area contributed by atoms with Gasteiger partial charge in [0, 0.05) is 6.20 Å². The molecule has 2 heteroatoms. The van der Waals surface area contributed by atoms with Crippen molar-refractivity contribution in [1.29, 1.82) is 0 Å². The minimum atomic E-state index is -0.180. The molecule has 0 saturated carbocycles. The van der Waals surface area contributed by atoms with E-state index in [4.69, 9.17) is 5.73 Å². The third-order valence-electron chi connectivity index (χ3n) is 2.51. The molecule has 0 bridgehead atoms. The van der Waals surface area contributed by atoms with E-state index in [0.717, 1.165) is 16.8 Å². The number of hydrogen-bond acceptors (Lipinski definition) is 2. The quantitative estimate of drug-likeness (QED) is 0.846. The summed E-state index contributed by atoms with van der Waals surface area (Å²) in [5.74, 6) is 0. The molecule has 80 valence electrons. The Hall–Kier alpha value is -1.93. The molecule has 0 radical (unpaired) electrons. The minimum Gasteiger partial charge on any atom is -0.319 e. The maximum absolute atomic E-state index is 6.14. The smallest absolute Gasteiger partial charge is 0.0726 e. The number of nitrogens with zero attached hydrogens (tertiary/aromatic N) is 1. The molecule has 1 unspecified atom stereocenters. The van der Waals surface area contributed by atoms with Gasteiger partial charge >= 0.3 is 0 Å². The molecular formula is C14H14N2. The van der Waals surface area contributed by atoms with Crippen molar-refractivity contribution in [3.8, 4) is 0 Å². The molecule has 0 amide bonds. The summed E-state index contributed by atoms with van der Waals surface area (Å²) in [6, 6.07) is 13.6. The Morgan fingerprint density at radius 3 is 2.75 bits per heavy atom. The fraction of sp³-hybridized carbons (Fsp3) is 0.0714. The van der Waals surface area contributed by atoms with Crippen LogP contribution in [0.15, 0.2) is 55.2 Å². The SMILES string of the molecule is C=Cc1cccc(C(N)c2ccccn2)c1. The molecule has 1 atom stereocenters. The van der Waals surface area contributed by atoms with Crippen LogP contribution in [0.2, 0.25) is 0 Å². The minimum absolute atomic E-state index is 0.180. The highest BCUT2D eigenvalue weighted by atomic mass is 14.8. The molecule has 0 aliphatic carbocycles. The average Bonchev–Trinajstić information content (AvgIpc) is 2.39. The zero-order chi connectivity index (χ0) is 11.4. The number of pyridine rings is 1. The molecule has 0 aliphatic rings. The predicted octanol–water partition coefficient (Wildman–Crippen LogP) is 2.77. The summed E-state index contributed by atoms with van der Waals surface area (Å²) in [6.07, 6.45) is 3.57. The van der Waals surface area contributed by atoms with Crippen LogP contribution in [0.5, 0.6) is 0 Å². The number of rotatable bonds is 3. The van der Waals surface area contributed by atoms with Crippen molar-refractivity contribution in [2.75, 3.05) is 0 Å². The predicted molar refractivity (Wildman–Crippen MR) is 66.8 cm³/mol. The average molecular weight is 210 g/mol. The molecule has 16 heavy (non-hydrogen) atoms. The molecule has 0 aliphatic heterocycles. The van der Waals surface area contributed by atoms with E-state index in [-0.39, 0.29) is 6.04 Å². The van der Waals surface area contributed by atoms with E-state index in [1.807, 2.05) is 48.5 Å². The van der Waals surface area contributed by atoms with Crippen molar-refractivity contribution in [2.24, 2.45) is 5.73 Å². The maximum atomic E-state index is 6.14. The van der Waals surface area contributed by atoms with Gasteiger partial charge in [0.1, 0.15) is 0 Å². The Bertz CT molecular complexity index is 477. The first kappa shape index (κ1) is 10.6. The van der Waals surface area contributed by atoms with Crippen molar-refractivity contribution < 1.29 is 0 Å². The van der Waals surface area contributed by atoms with Crippen LogP contribution in [0.3, 0.4) is 0 Å². The highest BCUT2D eigenvalue weighted by molar-refractivity contribution is 5.49. The molecule has 0 fully saturated rings. The number of hydrogen-bond donors (Lipinski definition) is 1. The fourth-order valence-corrected chi connectivity index (χ4v) is 1.61. The van der Waals surface area contributed by atoms with Gasteiger partial charge in [-0.05, 0) is 29.3 Å². The number of benzene rings is 1.